The van der Waals surface area contributed by atoms with Crippen LogP contribution in [0.5, 0.6) is 0 Å². The van der Waals surface area contributed by atoms with Gasteiger partial charge in [-0.1, -0.05) is 29.8 Å². The number of fused-ring (bicyclic) bond motifs is 1. The molecular formula is C23H25N3O2. The van der Waals surface area contributed by atoms with Crippen LogP contribution in [0.4, 0.5) is 5.69 Å². The van der Waals surface area contributed by atoms with E-state index in [-0.39, 0.29) is 17.4 Å². The number of aromatic nitrogens is 2. The summed E-state index contributed by atoms with van der Waals surface area (Å²) in [5, 5.41) is 4.02. The van der Waals surface area contributed by atoms with Crippen LogP contribution in [0.2, 0.25) is 0 Å². The van der Waals surface area contributed by atoms with Gasteiger partial charge < -0.3 is 9.88 Å². The molecular weight excluding hydrogens is 350 g/mol. The van der Waals surface area contributed by atoms with Gasteiger partial charge in [-0.15, -0.1) is 6.58 Å². The first-order chi connectivity index (χ1) is 13.5. The normalized spacial score (nSPS) is 11.9. The lowest BCUT2D eigenvalue weighted by Crippen LogP contribution is -2.26. The molecule has 144 valence electrons. The Hall–Kier alpha value is -3.21. The van der Waals surface area contributed by atoms with Crippen molar-refractivity contribution >= 4 is 22.5 Å². The Morgan fingerprint density at radius 3 is 2.75 bits per heavy atom. The van der Waals surface area contributed by atoms with Gasteiger partial charge in [-0.2, -0.15) is 0 Å². The number of para-hydroxylation sites is 1. The second-order valence-corrected chi connectivity index (χ2v) is 7.08. The number of anilines is 1. The molecule has 0 radical (unpaired) electrons. The van der Waals surface area contributed by atoms with E-state index in [1.54, 1.807) is 23.0 Å². The molecule has 1 amide bonds. The van der Waals surface area contributed by atoms with Crippen molar-refractivity contribution in [1.29, 1.82) is 0 Å². The van der Waals surface area contributed by atoms with E-state index in [9.17, 15) is 9.59 Å². The zero-order valence-corrected chi connectivity index (χ0v) is 16.1. The maximum absolute atomic E-state index is 13.0. The van der Waals surface area contributed by atoms with Crippen LogP contribution >= 0.6 is 0 Å². The average molecular weight is 375 g/mol. The third-order valence-electron chi connectivity index (χ3n) is 4.80. The van der Waals surface area contributed by atoms with Gasteiger partial charge in [-0.25, -0.2) is 0 Å². The Kier molecular flexibility index (Phi) is 6.37. The minimum absolute atomic E-state index is 0.0524. The van der Waals surface area contributed by atoms with Gasteiger partial charge >= 0.3 is 0 Å². The van der Waals surface area contributed by atoms with Gasteiger partial charge in [0.1, 0.15) is 0 Å². The second-order valence-electron chi connectivity index (χ2n) is 7.08. The van der Waals surface area contributed by atoms with Crippen LogP contribution in [-0.2, 0) is 11.3 Å². The average Bonchev–Trinajstić information content (AvgIpc) is 2.69. The van der Waals surface area contributed by atoms with E-state index < -0.39 is 0 Å². The topological polar surface area (TPSA) is 64.0 Å². The van der Waals surface area contributed by atoms with Crippen LogP contribution in [-0.4, -0.2) is 15.5 Å². The van der Waals surface area contributed by atoms with Crippen molar-refractivity contribution < 1.29 is 4.79 Å². The number of aryl methyl sites for hydroxylation is 1. The monoisotopic (exact) mass is 375 g/mol. The molecule has 0 aliphatic heterocycles. The van der Waals surface area contributed by atoms with E-state index in [0.717, 1.165) is 22.9 Å². The highest BCUT2D eigenvalue weighted by atomic mass is 16.2. The zero-order chi connectivity index (χ0) is 19.9. The maximum Gasteiger partial charge on any atom is 0.250 e. The van der Waals surface area contributed by atoms with Gasteiger partial charge in [0.15, 0.2) is 0 Å². The van der Waals surface area contributed by atoms with E-state index in [2.05, 4.69) is 16.9 Å². The summed E-state index contributed by atoms with van der Waals surface area (Å²) < 4.78 is 1.64. The Balaban J connectivity index is 1.76. The SMILES string of the molecule is C=C(C)CCC(CCn1ccccc1=O)C(=O)Nc1cccc2cccnc12. The van der Waals surface area contributed by atoms with Crippen molar-refractivity contribution in [2.45, 2.75) is 32.7 Å². The molecule has 1 aromatic carbocycles. The highest BCUT2D eigenvalue weighted by Gasteiger charge is 2.19. The third-order valence-corrected chi connectivity index (χ3v) is 4.80. The maximum atomic E-state index is 13.0. The quantitative estimate of drug-likeness (QED) is 0.594. The molecule has 0 aliphatic rings. The Morgan fingerprint density at radius 2 is 1.96 bits per heavy atom. The summed E-state index contributed by atoms with van der Waals surface area (Å²) >= 11 is 0. The third kappa shape index (κ3) is 4.94. The van der Waals surface area contributed by atoms with Crippen LogP contribution in [0.15, 0.2) is 77.9 Å². The fourth-order valence-corrected chi connectivity index (χ4v) is 3.21. The standard InChI is InChI=1S/C23H25N3O2/c1-17(2)11-12-19(13-16-26-15-4-3-10-21(26)27)23(28)25-20-9-5-7-18-8-6-14-24-22(18)20/h3-10,14-15,19H,1,11-13,16H2,2H3,(H,25,28). The minimum atomic E-state index is -0.220. The van der Waals surface area contributed by atoms with Crippen LogP contribution in [0.3, 0.4) is 0 Å². The molecule has 0 saturated heterocycles. The summed E-state index contributed by atoms with van der Waals surface area (Å²) in [7, 11) is 0. The summed E-state index contributed by atoms with van der Waals surface area (Å²) in [4.78, 5) is 29.4. The minimum Gasteiger partial charge on any atom is -0.324 e. The summed E-state index contributed by atoms with van der Waals surface area (Å²) in [6, 6.07) is 14.7. The van der Waals surface area contributed by atoms with E-state index >= 15 is 0 Å². The van der Waals surface area contributed by atoms with Crippen molar-refractivity contribution in [3.8, 4) is 0 Å². The number of allylic oxidation sites excluding steroid dienone is 1. The number of carbonyl (C=O) groups is 1. The number of nitrogens with one attached hydrogen (secondary N) is 1. The lowest BCUT2D eigenvalue weighted by Gasteiger charge is -2.18. The smallest absolute Gasteiger partial charge is 0.250 e. The lowest BCUT2D eigenvalue weighted by atomic mass is 9.96. The molecule has 0 spiro atoms. The van der Waals surface area contributed by atoms with Crippen LogP contribution in [0, 0.1) is 5.92 Å². The molecule has 0 bridgehead atoms. The molecule has 1 N–H and O–H groups in total. The van der Waals surface area contributed by atoms with Crippen molar-refractivity contribution in [3.63, 3.8) is 0 Å². The summed E-state index contributed by atoms with van der Waals surface area (Å²) in [6.45, 7) is 6.41. The predicted molar refractivity (Wildman–Crippen MR) is 113 cm³/mol. The highest BCUT2D eigenvalue weighted by molar-refractivity contribution is 6.01. The molecule has 0 aliphatic carbocycles. The van der Waals surface area contributed by atoms with E-state index in [1.165, 1.54) is 6.07 Å². The first-order valence-corrected chi connectivity index (χ1v) is 9.49. The second kappa shape index (κ2) is 9.13. The van der Waals surface area contributed by atoms with Gasteiger partial charge in [-0.3, -0.25) is 14.6 Å². The van der Waals surface area contributed by atoms with E-state index in [4.69, 9.17) is 0 Å². The Labute approximate surface area is 164 Å². The van der Waals surface area contributed by atoms with Crippen LogP contribution in [0.25, 0.3) is 10.9 Å². The Bertz CT molecular complexity index is 1030. The van der Waals surface area contributed by atoms with Crippen molar-refractivity contribution in [2.24, 2.45) is 5.92 Å². The van der Waals surface area contributed by atoms with Crippen LogP contribution in [0.1, 0.15) is 26.2 Å². The van der Waals surface area contributed by atoms with Crippen molar-refractivity contribution in [3.05, 3.63) is 83.4 Å². The fraction of sp³-hybridized carbons (Fsp3) is 0.261. The number of rotatable bonds is 8. The van der Waals surface area contributed by atoms with Gasteiger partial charge in [0.25, 0.3) is 0 Å². The largest absolute Gasteiger partial charge is 0.324 e. The number of benzene rings is 1. The fourth-order valence-electron chi connectivity index (χ4n) is 3.21. The molecule has 1 unspecified atom stereocenters. The van der Waals surface area contributed by atoms with E-state index in [1.807, 2.05) is 43.3 Å². The van der Waals surface area contributed by atoms with Gasteiger partial charge in [0, 0.05) is 36.3 Å². The molecule has 1 atom stereocenters. The number of nitrogens with zero attached hydrogens (tertiary/aromatic N) is 2. The summed E-state index contributed by atoms with van der Waals surface area (Å²) in [6.07, 6.45) is 5.53. The molecule has 2 heterocycles. The van der Waals surface area contributed by atoms with Crippen LogP contribution < -0.4 is 10.9 Å². The van der Waals surface area contributed by atoms with Crippen molar-refractivity contribution in [1.82, 2.24) is 9.55 Å². The molecule has 5 heteroatoms. The molecule has 3 rings (SSSR count). The number of carbonyl (C=O) groups excluding carboxylic acids is 1. The first-order valence-electron chi connectivity index (χ1n) is 9.49. The highest BCUT2D eigenvalue weighted by Crippen LogP contribution is 2.23. The molecule has 5 nitrogen and oxygen atoms in total. The molecule has 0 saturated carbocycles. The number of pyridine rings is 2. The van der Waals surface area contributed by atoms with Gasteiger partial charge in [-0.05, 0) is 44.4 Å². The lowest BCUT2D eigenvalue weighted by molar-refractivity contribution is -0.120. The molecule has 2 aromatic heterocycles. The van der Waals surface area contributed by atoms with Gasteiger partial charge in [0.2, 0.25) is 11.5 Å². The molecule has 28 heavy (non-hydrogen) atoms. The van der Waals surface area contributed by atoms with E-state index in [0.29, 0.717) is 25.1 Å². The van der Waals surface area contributed by atoms with Crippen molar-refractivity contribution in [2.75, 3.05) is 5.32 Å². The number of amides is 1. The number of hydrogen-bond donors (Lipinski definition) is 1. The van der Waals surface area contributed by atoms with Gasteiger partial charge in [0.05, 0.1) is 11.2 Å². The Morgan fingerprint density at radius 1 is 1.14 bits per heavy atom. The first kappa shape index (κ1) is 19.5. The molecule has 3 aromatic rings. The number of hydrogen-bond acceptors (Lipinski definition) is 3. The summed E-state index contributed by atoms with van der Waals surface area (Å²) in [5.74, 6) is -0.272. The predicted octanol–water partition coefficient (Wildman–Crippen LogP) is 4.40. The molecule has 0 fully saturated rings. The zero-order valence-electron chi connectivity index (χ0n) is 16.1. The summed E-state index contributed by atoms with van der Waals surface area (Å²) in [5.41, 5.74) is 2.47.